The molecule has 0 radical (unpaired) electrons. The first-order valence-electron chi connectivity index (χ1n) is 7.15. The van der Waals surface area contributed by atoms with Gasteiger partial charge in [-0.05, 0) is 0 Å². The monoisotopic (exact) mass is 493 g/mol. The van der Waals surface area contributed by atoms with Gasteiger partial charge < -0.3 is 0 Å². The Labute approximate surface area is 147 Å². The van der Waals surface area contributed by atoms with Gasteiger partial charge in [0.05, 0.1) is 16.1 Å². The molecule has 0 N–H and O–H groups in total. The molecule has 2 aromatic carbocycles. The normalized spacial score (nSPS) is 11.0. The van der Waals surface area contributed by atoms with Gasteiger partial charge in [0.1, 0.15) is 0 Å². The van der Waals surface area contributed by atoms with Crippen LogP contribution in [0.3, 0.4) is 0 Å². The first-order chi connectivity index (χ1) is 9.21. The predicted octanol–water partition coefficient (Wildman–Crippen LogP) is 4.06. The van der Waals surface area contributed by atoms with Gasteiger partial charge in [0.25, 0.3) is 0 Å². The molecule has 0 fully saturated rings. The molecule has 3 heteroatoms. The fourth-order valence-electron chi connectivity index (χ4n) is 1.72. The molecule has 0 amide bonds. The van der Waals surface area contributed by atoms with Crippen LogP contribution in [0.25, 0.3) is 0 Å². The van der Waals surface area contributed by atoms with Crippen LogP contribution in [-0.2, 0) is 21.1 Å². The van der Waals surface area contributed by atoms with E-state index in [1.165, 1.54) is 10.4 Å². The van der Waals surface area contributed by atoms with Crippen LogP contribution in [0.2, 0.25) is 39.3 Å². The van der Waals surface area contributed by atoms with Crippen LogP contribution in [-0.4, -0.2) is 16.1 Å². The molecule has 2 rings (SSSR count). The van der Waals surface area contributed by atoms with Crippen molar-refractivity contribution in [3.8, 4) is 0 Å². The van der Waals surface area contributed by atoms with Crippen molar-refractivity contribution >= 4 is 26.5 Å². The van der Waals surface area contributed by atoms with Crippen molar-refractivity contribution in [1.29, 1.82) is 0 Å². The Kier molecular flexibility index (Phi) is 8.69. The quantitative estimate of drug-likeness (QED) is 0.437. The Bertz CT molecular complexity index is 447. The first kappa shape index (κ1) is 20.6. The topological polar surface area (TPSA) is 0 Å². The van der Waals surface area contributed by atoms with Gasteiger partial charge in [0, 0.05) is 0 Å². The van der Waals surface area contributed by atoms with Crippen molar-refractivity contribution < 1.29 is 21.1 Å². The Hall–Kier alpha value is -0.438. The molecule has 0 spiro atoms. The zero-order valence-electron chi connectivity index (χ0n) is 13.9. The van der Waals surface area contributed by atoms with Gasteiger partial charge in [-0.3, -0.25) is 0 Å². The van der Waals surface area contributed by atoms with Gasteiger partial charge >= 0.3 is 21.1 Å². The number of rotatable bonds is 2. The predicted molar refractivity (Wildman–Crippen MR) is 96.5 cm³/mol. The van der Waals surface area contributed by atoms with Crippen molar-refractivity contribution in [2.24, 2.45) is 0 Å². The number of benzene rings is 2. The summed E-state index contributed by atoms with van der Waals surface area (Å²) in [5.74, 6) is 0. The molecule has 0 aliphatic carbocycles. The van der Waals surface area contributed by atoms with Crippen LogP contribution in [0.5, 0.6) is 0 Å². The van der Waals surface area contributed by atoms with Crippen molar-refractivity contribution in [2.45, 2.75) is 39.3 Å². The standard InChI is InChI=1S/2C9H13Si.Pt/c2*1-10(2,3)9-7-5-4-6-8-9;/h2*4-7H,1-3H3;/q2*-1;+2. The Morgan fingerprint density at radius 2 is 0.952 bits per heavy atom. The average molecular weight is 494 g/mol. The SMILES string of the molecule is C[Si](C)(C)c1[c-]cccc1.C[Si](C)(C)c1[c-]cccc1.[Pt+2]. The number of hydrogen-bond acceptors (Lipinski definition) is 0. The summed E-state index contributed by atoms with van der Waals surface area (Å²) in [6, 6.07) is 23.1. The molecule has 116 valence electrons. The zero-order chi connectivity index (χ0) is 15.2. The summed E-state index contributed by atoms with van der Waals surface area (Å²) in [7, 11) is -2.18. The minimum absolute atomic E-state index is 0. The van der Waals surface area contributed by atoms with Crippen LogP contribution in [0.1, 0.15) is 0 Å². The van der Waals surface area contributed by atoms with E-state index in [0.29, 0.717) is 0 Å². The molecule has 2 aromatic rings. The summed E-state index contributed by atoms with van der Waals surface area (Å²) in [5.41, 5.74) is 0. The fraction of sp³-hybridized carbons (Fsp3) is 0.333. The molecule has 0 aliphatic heterocycles. The maximum Gasteiger partial charge on any atom is 2.00 e. The first-order valence-corrected chi connectivity index (χ1v) is 14.2. The van der Waals surface area contributed by atoms with Crippen LogP contribution in [0, 0.1) is 12.1 Å². The van der Waals surface area contributed by atoms with E-state index >= 15 is 0 Å². The summed E-state index contributed by atoms with van der Waals surface area (Å²) in [5, 5.41) is 2.82. The summed E-state index contributed by atoms with van der Waals surface area (Å²) in [6.07, 6.45) is 0. The van der Waals surface area contributed by atoms with Crippen LogP contribution in [0.15, 0.2) is 48.5 Å². The van der Waals surface area contributed by atoms with Gasteiger partial charge in [0.2, 0.25) is 0 Å². The largest absolute Gasteiger partial charge is 2.00 e. The minimum Gasteiger partial charge on any atom is -0.184 e. The van der Waals surface area contributed by atoms with E-state index in [4.69, 9.17) is 0 Å². The molecule has 0 bridgehead atoms. The second-order valence-corrected chi connectivity index (χ2v) is 17.1. The molecule has 0 aliphatic rings. The van der Waals surface area contributed by atoms with Gasteiger partial charge in [-0.15, -0.1) is 0 Å². The Morgan fingerprint density at radius 1 is 0.619 bits per heavy atom. The zero-order valence-corrected chi connectivity index (χ0v) is 18.2. The molecule has 0 heterocycles. The molecule has 0 atom stereocenters. The summed E-state index contributed by atoms with van der Waals surface area (Å²) >= 11 is 0. The maximum atomic E-state index is 3.27. The third-order valence-electron chi connectivity index (χ3n) is 3.03. The van der Waals surface area contributed by atoms with Gasteiger partial charge in [0.15, 0.2) is 0 Å². The van der Waals surface area contributed by atoms with E-state index < -0.39 is 16.1 Å². The minimum atomic E-state index is -1.09. The van der Waals surface area contributed by atoms with E-state index in [0.717, 1.165) is 0 Å². The smallest absolute Gasteiger partial charge is 0.184 e. The molecule has 0 aromatic heterocycles. The van der Waals surface area contributed by atoms with Gasteiger partial charge in [-0.1, -0.05) is 39.3 Å². The van der Waals surface area contributed by atoms with E-state index in [-0.39, 0.29) is 21.1 Å². The summed E-state index contributed by atoms with van der Waals surface area (Å²) in [6.45, 7) is 14.0. The van der Waals surface area contributed by atoms with Gasteiger partial charge in [-0.25, -0.2) is 0 Å². The fourth-order valence-corrected chi connectivity index (χ4v) is 3.94. The summed E-state index contributed by atoms with van der Waals surface area (Å²) in [4.78, 5) is 0. The Balaban J connectivity index is 0.000000364. The maximum absolute atomic E-state index is 3.27. The Morgan fingerprint density at radius 3 is 1.10 bits per heavy atom. The van der Waals surface area contributed by atoms with E-state index in [1.54, 1.807) is 0 Å². The third-order valence-corrected chi connectivity index (χ3v) is 6.89. The van der Waals surface area contributed by atoms with Crippen molar-refractivity contribution in [3.05, 3.63) is 60.7 Å². The average Bonchev–Trinajstić information content (AvgIpc) is 2.40. The molecule has 0 unspecified atom stereocenters. The molecular formula is C18H26PtSi2. The third kappa shape index (κ3) is 7.94. The molecule has 0 nitrogen and oxygen atoms in total. The van der Waals surface area contributed by atoms with Gasteiger partial charge in [-0.2, -0.15) is 71.0 Å². The molecular weight excluding hydrogens is 467 g/mol. The van der Waals surface area contributed by atoms with Crippen molar-refractivity contribution in [2.75, 3.05) is 0 Å². The second-order valence-electron chi connectivity index (χ2n) is 7.05. The van der Waals surface area contributed by atoms with E-state index in [2.05, 4.69) is 75.7 Å². The van der Waals surface area contributed by atoms with Crippen molar-refractivity contribution in [1.82, 2.24) is 0 Å². The van der Waals surface area contributed by atoms with E-state index in [1.807, 2.05) is 24.3 Å². The van der Waals surface area contributed by atoms with Crippen molar-refractivity contribution in [3.63, 3.8) is 0 Å². The molecule has 21 heavy (non-hydrogen) atoms. The summed E-state index contributed by atoms with van der Waals surface area (Å²) < 4.78 is 0. The second kappa shape index (κ2) is 8.87. The number of hydrogen-bond donors (Lipinski definition) is 0. The van der Waals surface area contributed by atoms with Crippen LogP contribution in [0.4, 0.5) is 0 Å². The molecule has 0 saturated carbocycles. The van der Waals surface area contributed by atoms with Crippen LogP contribution < -0.4 is 10.4 Å². The molecule has 0 saturated heterocycles. The van der Waals surface area contributed by atoms with Crippen LogP contribution >= 0.6 is 0 Å². The van der Waals surface area contributed by atoms with E-state index in [9.17, 15) is 0 Å².